The van der Waals surface area contributed by atoms with Crippen LogP contribution in [0.25, 0.3) is 5.57 Å². The van der Waals surface area contributed by atoms with Crippen molar-refractivity contribution in [2.45, 2.75) is 19.1 Å². The van der Waals surface area contributed by atoms with Gasteiger partial charge in [0.15, 0.2) is 6.10 Å². The van der Waals surface area contributed by atoms with Gasteiger partial charge in [-0.05, 0) is 40.9 Å². The molecule has 33 heavy (non-hydrogen) atoms. The summed E-state index contributed by atoms with van der Waals surface area (Å²) in [5, 5.41) is 3.66. The quantitative estimate of drug-likeness (QED) is 0.529. The first-order valence-corrected chi connectivity index (χ1v) is 10.9. The van der Waals surface area contributed by atoms with E-state index in [-0.39, 0.29) is 19.0 Å². The molecule has 2 aliphatic rings. The largest absolute Gasteiger partial charge is 0.471 e. The average molecular weight is 449 g/mol. The zero-order valence-electron chi connectivity index (χ0n) is 18.0. The van der Waals surface area contributed by atoms with Crippen LogP contribution in [0.15, 0.2) is 71.5 Å². The third-order valence-corrected chi connectivity index (χ3v) is 5.86. The molecule has 170 valence electrons. The van der Waals surface area contributed by atoms with Crippen LogP contribution in [-0.2, 0) is 11.3 Å². The molecule has 2 aliphatic heterocycles. The second kappa shape index (κ2) is 9.46. The molecule has 1 unspecified atom stereocenters. The van der Waals surface area contributed by atoms with E-state index in [9.17, 15) is 4.79 Å². The molecule has 0 saturated carbocycles. The van der Waals surface area contributed by atoms with Gasteiger partial charge >= 0.3 is 6.09 Å². The summed E-state index contributed by atoms with van der Waals surface area (Å²) in [6.45, 7) is 2.93. The number of hydrogen-bond donors (Lipinski definition) is 0. The topological polar surface area (TPSA) is 68.0 Å². The summed E-state index contributed by atoms with van der Waals surface area (Å²) in [5.74, 6) is -0.0201. The van der Waals surface area contributed by atoms with Crippen LogP contribution < -0.4 is 9.64 Å². The van der Waals surface area contributed by atoms with Gasteiger partial charge < -0.3 is 14.0 Å². The van der Waals surface area contributed by atoms with Gasteiger partial charge in [-0.25, -0.2) is 9.18 Å². The Hall–Kier alpha value is -3.65. The Labute approximate surface area is 191 Å². The highest BCUT2D eigenvalue weighted by atomic mass is 19.1. The number of carbonyl (C=O) groups is 1. The maximum Gasteiger partial charge on any atom is 0.414 e. The van der Waals surface area contributed by atoms with Crippen LogP contribution in [0, 0.1) is 5.82 Å². The predicted octanol–water partition coefficient (Wildman–Crippen LogP) is 4.51. The van der Waals surface area contributed by atoms with E-state index in [4.69, 9.17) is 14.0 Å². The van der Waals surface area contributed by atoms with Crippen molar-refractivity contribution in [3.63, 3.8) is 0 Å². The number of hydrogen-bond acceptors (Lipinski definition) is 6. The molecule has 1 saturated heterocycles. The van der Waals surface area contributed by atoms with E-state index in [1.54, 1.807) is 18.2 Å². The molecule has 0 aliphatic carbocycles. The Morgan fingerprint density at radius 1 is 1.15 bits per heavy atom. The van der Waals surface area contributed by atoms with E-state index in [2.05, 4.69) is 28.3 Å². The van der Waals surface area contributed by atoms with Crippen LogP contribution in [0.1, 0.15) is 17.5 Å². The van der Waals surface area contributed by atoms with Crippen LogP contribution >= 0.6 is 0 Å². The summed E-state index contributed by atoms with van der Waals surface area (Å²) in [7, 11) is 0. The molecule has 0 spiro atoms. The van der Waals surface area contributed by atoms with Crippen LogP contribution in [-0.4, -0.2) is 48.5 Å². The van der Waals surface area contributed by atoms with Crippen molar-refractivity contribution < 1.29 is 23.2 Å². The fourth-order valence-electron chi connectivity index (χ4n) is 4.15. The molecule has 8 heteroatoms. The van der Waals surface area contributed by atoms with Gasteiger partial charge in [0.05, 0.1) is 12.2 Å². The molecule has 7 nitrogen and oxygen atoms in total. The maximum atomic E-state index is 15.0. The Balaban J connectivity index is 1.21. The number of benzene rings is 2. The first-order valence-electron chi connectivity index (χ1n) is 10.9. The normalized spacial score (nSPS) is 18.8. The molecule has 2 aromatic carbocycles. The van der Waals surface area contributed by atoms with Crippen LogP contribution in [0.5, 0.6) is 5.88 Å². The van der Waals surface area contributed by atoms with Crippen molar-refractivity contribution in [3.8, 4) is 5.88 Å². The first kappa shape index (κ1) is 21.2. The van der Waals surface area contributed by atoms with Crippen molar-refractivity contribution in [1.29, 1.82) is 0 Å². The fourth-order valence-corrected chi connectivity index (χ4v) is 4.15. The number of cyclic esters (lactones) is 1. The van der Waals surface area contributed by atoms with E-state index < -0.39 is 12.2 Å². The van der Waals surface area contributed by atoms with Crippen LogP contribution in [0.3, 0.4) is 0 Å². The van der Waals surface area contributed by atoms with Gasteiger partial charge in [-0.3, -0.25) is 9.80 Å². The lowest BCUT2D eigenvalue weighted by molar-refractivity contribution is 0.102. The number of ether oxygens (including phenoxy) is 2. The monoisotopic (exact) mass is 449 g/mol. The van der Waals surface area contributed by atoms with Crippen LogP contribution in [0.2, 0.25) is 0 Å². The highest BCUT2D eigenvalue weighted by Gasteiger charge is 2.33. The van der Waals surface area contributed by atoms with Gasteiger partial charge in [-0.15, -0.1) is 0 Å². The standard InChI is InChI=1S/C25H24FN3O4/c26-23-14-20(29-16-21(33-25(29)30)17-31-24-10-13-32-27-24)6-7-22(23)19-8-11-28(12-9-19)15-18-4-2-1-3-5-18/h1-8,10,13-14,21H,9,11-12,15-17H2. The van der Waals surface area contributed by atoms with Gasteiger partial charge in [0.25, 0.3) is 5.88 Å². The van der Waals surface area contributed by atoms with Gasteiger partial charge in [-0.2, -0.15) is 0 Å². The van der Waals surface area contributed by atoms with Crippen molar-refractivity contribution in [3.05, 3.63) is 83.9 Å². The minimum absolute atomic E-state index is 0.141. The smallest absolute Gasteiger partial charge is 0.414 e. The summed E-state index contributed by atoms with van der Waals surface area (Å²) in [6.07, 6.45) is 3.26. The van der Waals surface area contributed by atoms with Crippen molar-refractivity contribution in [2.24, 2.45) is 0 Å². The number of anilines is 1. The highest BCUT2D eigenvalue weighted by molar-refractivity contribution is 5.90. The van der Waals surface area contributed by atoms with E-state index in [0.717, 1.165) is 31.6 Å². The van der Waals surface area contributed by atoms with E-state index >= 15 is 4.39 Å². The lowest BCUT2D eigenvalue weighted by atomic mass is 9.98. The summed E-state index contributed by atoms with van der Waals surface area (Å²) < 4.78 is 30.5. The Kier molecular flexibility index (Phi) is 6.08. The van der Waals surface area contributed by atoms with Crippen LogP contribution in [0.4, 0.5) is 14.9 Å². The van der Waals surface area contributed by atoms with Gasteiger partial charge in [0, 0.05) is 31.3 Å². The second-order valence-electron chi connectivity index (χ2n) is 8.13. The number of nitrogens with zero attached hydrogens (tertiary/aromatic N) is 3. The predicted molar refractivity (Wildman–Crippen MR) is 120 cm³/mol. The number of amides is 1. The fraction of sp³-hybridized carbons (Fsp3) is 0.280. The summed E-state index contributed by atoms with van der Waals surface area (Å²) in [6, 6.07) is 16.8. The molecular formula is C25H24FN3O4. The lowest BCUT2D eigenvalue weighted by Crippen LogP contribution is -2.28. The average Bonchev–Trinajstić information content (AvgIpc) is 3.48. The maximum absolute atomic E-state index is 15.0. The van der Waals surface area contributed by atoms with E-state index in [1.807, 2.05) is 18.2 Å². The third kappa shape index (κ3) is 4.90. The SMILES string of the molecule is O=C1OC(COc2ccon2)CN1c1ccc(C2=CCN(Cc3ccccc3)CC2)c(F)c1. The van der Waals surface area contributed by atoms with Gasteiger partial charge in [0.2, 0.25) is 0 Å². The third-order valence-electron chi connectivity index (χ3n) is 5.86. The molecule has 1 fully saturated rings. The van der Waals surface area contributed by atoms with Crippen molar-refractivity contribution in [2.75, 3.05) is 31.1 Å². The molecule has 1 atom stereocenters. The first-order chi connectivity index (χ1) is 16.2. The number of aromatic nitrogens is 1. The Morgan fingerprint density at radius 2 is 2.03 bits per heavy atom. The molecule has 0 radical (unpaired) electrons. The molecule has 0 N–H and O–H groups in total. The van der Waals surface area contributed by atoms with Gasteiger partial charge in [-0.1, -0.05) is 36.4 Å². The minimum atomic E-state index is -0.524. The molecule has 1 amide bonds. The van der Waals surface area contributed by atoms with E-state index in [0.29, 0.717) is 17.1 Å². The molecular weight excluding hydrogens is 425 g/mol. The molecule has 5 rings (SSSR count). The number of rotatable bonds is 7. The Morgan fingerprint density at radius 3 is 2.76 bits per heavy atom. The second-order valence-corrected chi connectivity index (χ2v) is 8.13. The molecule has 3 aromatic rings. The summed E-state index contributed by atoms with van der Waals surface area (Å²) in [4.78, 5) is 16.1. The van der Waals surface area contributed by atoms with Crippen molar-refractivity contribution in [1.82, 2.24) is 10.1 Å². The minimum Gasteiger partial charge on any atom is -0.471 e. The number of halogens is 1. The zero-order chi connectivity index (χ0) is 22.6. The molecule has 3 heterocycles. The summed E-state index contributed by atoms with van der Waals surface area (Å²) in [5.41, 5.74) is 3.31. The Bertz CT molecular complexity index is 1130. The van der Waals surface area contributed by atoms with Crippen molar-refractivity contribution >= 4 is 17.4 Å². The molecule has 0 bridgehead atoms. The van der Waals surface area contributed by atoms with E-state index in [1.165, 1.54) is 22.8 Å². The zero-order valence-corrected chi connectivity index (χ0v) is 18.0. The summed E-state index contributed by atoms with van der Waals surface area (Å²) >= 11 is 0. The number of carbonyl (C=O) groups excluding carboxylic acids is 1. The molecule has 1 aromatic heterocycles. The highest BCUT2D eigenvalue weighted by Crippen LogP contribution is 2.30. The lowest BCUT2D eigenvalue weighted by Gasteiger charge is -2.27. The van der Waals surface area contributed by atoms with Gasteiger partial charge in [0.1, 0.15) is 18.7 Å².